The lowest BCUT2D eigenvalue weighted by Crippen LogP contribution is -2.23. The molecule has 5 heterocycles. The van der Waals surface area contributed by atoms with Gasteiger partial charge in [-0.2, -0.15) is 0 Å². The van der Waals surface area contributed by atoms with Crippen molar-refractivity contribution in [1.29, 1.82) is 0 Å². The van der Waals surface area contributed by atoms with Crippen LogP contribution in [0.4, 0.5) is 0 Å². The summed E-state index contributed by atoms with van der Waals surface area (Å²) in [5.74, 6) is 0.602. The van der Waals surface area contributed by atoms with E-state index in [2.05, 4.69) is 9.97 Å². The van der Waals surface area contributed by atoms with Crippen molar-refractivity contribution in [3.63, 3.8) is 0 Å². The fourth-order valence-electron chi connectivity index (χ4n) is 5.60. The molecule has 0 N–H and O–H groups in total. The number of pyridine rings is 2. The first-order valence-electron chi connectivity index (χ1n) is 15.3. The molecule has 5 aromatic heterocycles. The molecule has 0 saturated carbocycles. The summed E-state index contributed by atoms with van der Waals surface area (Å²) in [6, 6.07) is 32.4. The molecule has 10 heteroatoms. The van der Waals surface area contributed by atoms with E-state index in [0.29, 0.717) is 45.1 Å². The second kappa shape index (κ2) is 9.92. The molecule has 0 spiro atoms. The van der Waals surface area contributed by atoms with Crippen LogP contribution in [0.25, 0.3) is 56.6 Å². The normalized spacial score (nSPS) is 12.8. The monoisotopic (exact) mass is 579 g/mol. The van der Waals surface area contributed by atoms with E-state index in [4.69, 9.17) is 9.10 Å². The fraction of sp³-hybridized carbons (Fsp3) is 0.0294. The fourth-order valence-corrected chi connectivity index (χ4v) is 5.60. The van der Waals surface area contributed by atoms with Crippen LogP contribution in [0.15, 0.2) is 137 Å². The molecule has 0 aliphatic rings. The molecule has 0 aliphatic heterocycles. The average molecular weight is 580 g/mol. The van der Waals surface area contributed by atoms with Gasteiger partial charge in [-0.15, -0.1) is 0 Å². The quantitative estimate of drug-likeness (QED) is 0.284. The molecule has 0 atom stereocenters. The highest BCUT2D eigenvalue weighted by molar-refractivity contribution is 5.90. The summed E-state index contributed by atoms with van der Waals surface area (Å²) in [4.78, 5) is 42.4. The van der Waals surface area contributed by atoms with Crippen molar-refractivity contribution in [3.8, 4) is 34.3 Å². The Morgan fingerprint density at radius 2 is 1.23 bits per heavy atom. The van der Waals surface area contributed by atoms with Crippen LogP contribution in [-0.2, 0) is 6.98 Å². The zero-order valence-corrected chi connectivity index (χ0v) is 23.0. The molecule has 0 saturated heterocycles. The Kier molecular flexibility index (Phi) is 5.03. The predicted molar refractivity (Wildman–Crippen MR) is 169 cm³/mol. The first-order chi connectivity index (χ1) is 22.8. The lowest BCUT2D eigenvalue weighted by molar-refractivity contribution is 0.895. The molecular weight excluding hydrogens is 552 g/mol. The molecule has 0 aliphatic carbocycles. The first-order valence-corrected chi connectivity index (χ1v) is 13.8. The molecule has 0 fully saturated rings. The van der Waals surface area contributed by atoms with Crippen molar-refractivity contribution in [3.05, 3.63) is 149 Å². The molecule has 0 amide bonds. The molecule has 0 bridgehead atoms. The number of nitrogens with zero attached hydrogens (tertiary/aromatic N) is 8. The van der Waals surface area contributed by atoms with Gasteiger partial charge in [0.05, 0.1) is 28.1 Å². The van der Waals surface area contributed by atoms with Gasteiger partial charge in [-0.05, 0) is 54.6 Å². The van der Waals surface area contributed by atoms with Gasteiger partial charge >= 0.3 is 11.4 Å². The SMILES string of the molecule is [2H]C([2H])([2H])n1ccnc1-c1cccc(-n2c(=O)n(-c3ccccc3)c3cc4c(nc32)n(-c2ccccn2)c(=O)n4-c2ccccc2)c1. The molecular formula is C34H24N8O2. The maximum absolute atomic E-state index is 14.5. The van der Waals surface area contributed by atoms with Crippen molar-refractivity contribution >= 4 is 22.3 Å². The second-order valence-electron chi connectivity index (χ2n) is 10.1. The van der Waals surface area contributed by atoms with Gasteiger partial charge in [-0.3, -0.25) is 9.13 Å². The Bertz CT molecular complexity index is 2550. The van der Waals surface area contributed by atoms with Gasteiger partial charge in [0.2, 0.25) is 0 Å². The Morgan fingerprint density at radius 3 is 1.89 bits per heavy atom. The Labute approximate surface area is 254 Å². The van der Waals surface area contributed by atoms with Gasteiger partial charge in [0.1, 0.15) is 11.6 Å². The van der Waals surface area contributed by atoms with Crippen LogP contribution in [0.3, 0.4) is 0 Å². The highest BCUT2D eigenvalue weighted by Crippen LogP contribution is 2.28. The maximum atomic E-state index is 14.5. The van der Waals surface area contributed by atoms with Gasteiger partial charge in [0.15, 0.2) is 11.3 Å². The van der Waals surface area contributed by atoms with Crippen LogP contribution in [0.2, 0.25) is 0 Å². The van der Waals surface area contributed by atoms with E-state index in [1.807, 2.05) is 60.7 Å². The third-order valence-electron chi connectivity index (χ3n) is 7.52. The average Bonchev–Trinajstić information content (AvgIpc) is 3.77. The highest BCUT2D eigenvalue weighted by Gasteiger charge is 2.24. The van der Waals surface area contributed by atoms with Crippen LogP contribution >= 0.6 is 0 Å². The zero-order chi connectivity index (χ0) is 32.3. The number of hydrogen-bond donors (Lipinski definition) is 0. The molecule has 0 unspecified atom stereocenters. The zero-order valence-electron chi connectivity index (χ0n) is 26.0. The van der Waals surface area contributed by atoms with E-state index < -0.39 is 12.7 Å². The summed E-state index contributed by atoms with van der Waals surface area (Å²) < 4.78 is 30.9. The minimum Gasteiger partial charge on any atom is -0.334 e. The topological polar surface area (TPSA) is 97.5 Å². The summed E-state index contributed by atoms with van der Waals surface area (Å²) in [5, 5.41) is 0. The van der Waals surface area contributed by atoms with Crippen LogP contribution in [0.1, 0.15) is 4.11 Å². The Balaban J connectivity index is 1.48. The van der Waals surface area contributed by atoms with E-state index in [-0.39, 0.29) is 17.2 Å². The van der Waals surface area contributed by atoms with E-state index >= 15 is 0 Å². The molecule has 0 radical (unpaired) electrons. The molecule has 44 heavy (non-hydrogen) atoms. The summed E-state index contributed by atoms with van der Waals surface area (Å²) in [6.07, 6.45) is 4.42. The molecule has 8 aromatic rings. The number of benzene rings is 3. The number of imidazole rings is 3. The summed E-state index contributed by atoms with van der Waals surface area (Å²) in [7, 11) is 0. The van der Waals surface area contributed by atoms with Gasteiger partial charge in [-0.25, -0.2) is 33.7 Å². The van der Waals surface area contributed by atoms with Gasteiger partial charge < -0.3 is 4.57 Å². The van der Waals surface area contributed by atoms with E-state index in [9.17, 15) is 9.59 Å². The number of para-hydroxylation sites is 2. The standard InChI is InChI=1S/C34H24N8O2/c1-38-20-19-36-30(38)23-11-10-16-26(21-23)41-31-27(39(33(41)43)24-12-4-2-5-13-24)22-28-32(37-31)42(29-17-8-9-18-35-29)34(44)40(28)25-14-6-3-7-15-25/h2-22H,1H3/i1D3. The van der Waals surface area contributed by atoms with Gasteiger partial charge in [-0.1, -0.05) is 54.6 Å². The van der Waals surface area contributed by atoms with Gasteiger partial charge in [0, 0.05) is 35.2 Å². The Hall–Kier alpha value is -6.29. The van der Waals surface area contributed by atoms with Crippen LogP contribution in [-0.4, -0.2) is 37.8 Å². The molecule has 8 rings (SSSR count). The number of aryl methyl sites for hydroxylation is 1. The van der Waals surface area contributed by atoms with Crippen molar-refractivity contribution in [2.75, 3.05) is 0 Å². The third kappa shape index (κ3) is 3.85. The van der Waals surface area contributed by atoms with Crippen molar-refractivity contribution < 1.29 is 4.11 Å². The second-order valence-corrected chi connectivity index (χ2v) is 10.1. The maximum Gasteiger partial charge on any atom is 0.340 e. The number of aromatic nitrogens is 8. The first kappa shape index (κ1) is 22.3. The highest BCUT2D eigenvalue weighted by atomic mass is 16.2. The van der Waals surface area contributed by atoms with Crippen molar-refractivity contribution in [2.45, 2.75) is 0 Å². The minimum atomic E-state index is -2.45. The van der Waals surface area contributed by atoms with Crippen LogP contribution in [0, 0.1) is 0 Å². The summed E-state index contributed by atoms with van der Waals surface area (Å²) in [6.45, 7) is -2.45. The van der Waals surface area contributed by atoms with Crippen LogP contribution < -0.4 is 11.4 Å². The van der Waals surface area contributed by atoms with E-state index in [0.717, 1.165) is 4.57 Å². The van der Waals surface area contributed by atoms with Crippen molar-refractivity contribution in [1.82, 2.24) is 37.8 Å². The molecule has 10 nitrogen and oxygen atoms in total. The molecule has 212 valence electrons. The largest absolute Gasteiger partial charge is 0.340 e. The summed E-state index contributed by atoms with van der Waals surface area (Å²) in [5.41, 5.74) is 2.94. The van der Waals surface area contributed by atoms with Gasteiger partial charge in [0.25, 0.3) is 0 Å². The predicted octanol–water partition coefficient (Wildman–Crippen LogP) is 5.07. The molecule has 3 aromatic carbocycles. The lowest BCUT2D eigenvalue weighted by Gasteiger charge is -2.07. The third-order valence-corrected chi connectivity index (χ3v) is 7.52. The number of fused-ring (bicyclic) bond motifs is 2. The lowest BCUT2D eigenvalue weighted by atomic mass is 10.2. The number of rotatable bonds is 5. The Morgan fingerprint density at radius 1 is 0.591 bits per heavy atom. The minimum absolute atomic E-state index is 0.228. The van der Waals surface area contributed by atoms with Crippen LogP contribution in [0.5, 0.6) is 0 Å². The summed E-state index contributed by atoms with van der Waals surface area (Å²) >= 11 is 0. The smallest absolute Gasteiger partial charge is 0.334 e. The number of hydrogen-bond acceptors (Lipinski definition) is 5. The van der Waals surface area contributed by atoms with Crippen molar-refractivity contribution in [2.24, 2.45) is 6.98 Å². The van der Waals surface area contributed by atoms with E-state index in [1.165, 1.54) is 21.5 Å². The van der Waals surface area contributed by atoms with E-state index in [1.54, 1.807) is 63.9 Å².